The van der Waals surface area contributed by atoms with E-state index < -0.39 is 0 Å². The van der Waals surface area contributed by atoms with Crippen LogP contribution < -0.4 is 5.32 Å². The number of nitrogens with zero attached hydrogens (tertiary/aromatic N) is 2. The molecule has 3 heteroatoms. The fourth-order valence-corrected chi connectivity index (χ4v) is 2.65. The van der Waals surface area contributed by atoms with Crippen LogP contribution in [-0.4, -0.2) is 34.6 Å². The number of aromatic nitrogens is 1. The average molecular weight is 247 g/mol. The predicted molar refractivity (Wildman–Crippen MR) is 75.4 cm³/mol. The van der Waals surface area contributed by atoms with E-state index >= 15 is 0 Å². The molecule has 0 bridgehead atoms. The van der Waals surface area contributed by atoms with Crippen molar-refractivity contribution < 1.29 is 0 Å². The van der Waals surface area contributed by atoms with Crippen molar-refractivity contribution in [3.05, 3.63) is 30.1 Å². The highest BCUT2D eigenvalue weighted by molar-refractivity contribution is 5.05. The van der Waals surface area contributed by atoms with Crippen molar-refractivity contribution in [3.8, 4) is 0 Å². The van der Waals surface area contributed by atoms with Gasteiger partial charge >= 0.3 is 0 Å². The second-order valence-corrected chi connectivity index (χ2v) is 5.58. The molecule has 2 heterocycles. The van der Waals surface area contributed by atoms with Crippen LogP contribution in [0.4, 0.5) is 0 Å². The van der Waals surface area contributed by atoms with Crippen LogP contribution in [0.2, 0.25) is 0 Å². The summed E-state index contributed by atoms with van der Waals surface area (Å²) in [7, 11) is 0. The molecular formula is C15H25N3. The van der Waals surface area contributed by atoms with Gasteiger partial charge in [-0.2, -0.15) is 0 Å². The molecule has 1 N–H and O–H groups in total. The number of nitrogens with one attached hydrogen (secondary N) is 1. The Morgan fingerprint density at radius 2 is 2.28 bits per heavy atom. The lowest BCUT2D eigenvalue weighted by Crippen LogP contribution is -2.62. The number of pyridine rings is 1. The van der Waals surface area contributed by atoms with Crippen LogP contribution in [0.15, 0.2) is 24.4 Å². The minimum Gasteiger partial charge on any atom is -0.309 e. The van der Waals surface area contributed by atoms with Crippen molar-refractivity contribution in [2.45, 2.75) is 51.7 Å². The van der Waals surface area contributed by atoms with Gasteiger partial charge in [-0.3, -0.25) is 9.88 Å². The standard InChI is InChI=1S/C15H25N3/c1-4-14-10-17-15(3,5-2)12-18(14)11-13-8-6-7-9-16-13/h6-9,14,17H,4-5,10-12H2,1-3H3. The molecule has 18 heavy (non-hydrogen) atoms. The van der Waals surface area contributed by atoms with Crippen molar-refractivity contribution >= 4 is 0 Å². The van der Waals surface area contributed by atoms with Gasteiger partial charge in [0.05, 0.1) is 5.69 Å². The Morgan fingerprint density at radius 3 is 2.89 bits per heavy atom. The van der Waals surface area contributed by atoms with Crippen molar-refractivity contribution in [1.82, 2.24) is 15.2 Å². The van der Waals surface area contributed by atoms with Crippen LogP contribution in [0, 0.1) is 0 Å². The number of hydrogen-bond acceptors (Lipinski definition) is 3. The lowest BCUT2D eigenvalue weighted by molar-refractivity contribution is 0.0744. The van der Waals surface area contributed by atoms with Crippen molar-refractivity contribution in [2.75, 3.05) is 13.1 Å². The lowest BCUT2D eigenvalue weighted by Gasteiger charge is -2.45. The SMILES string of the molecule is CCC1CNC(C)(CC)CN1Cc1ccccn1. The minimum absolute atomic E-state index is 0.250. The largest absolute Gasteiger partial charge is 0.309 e. The van der Waals surface area contributed by atoms with E-state index in [2.05, 4.69) is 48.1 Å². The third-order valence-corrected chi connectivity index (χ3v) is 4.18. The summed E-state index contributed by atoms with van der Waals surface area (Å²) in [6, 6.07) is 6.81. The molecule has 100 valence electrons. The Morgan fingerprint density at radius 1 is 1.44 bits per heavy atom. The third kappa shape index (κ3) is 3.09. The van der Waals surface area contributed by atoms with Crippen molar-refractivity contribution in [3.63, 3.8) is 0 Å². The van der Waals surface area contributed by atoms with Crippen LogP contribution in [-0.2, 0) is 6.54 Å². The van der Waals surface area contributed by atoms with E-state index in [0.29, 0.717) is 6.04 Å². The van der Waals surface area contributed by atoms with Crippen LogP contribution in [0.3, 0.4) is 0 Å². The summed E-state index contributed by atoms with van der Waals surface area (Å²) in [5.41, 5.74) is 1.43. The molecule has 0 spiro atoms. The summed E-state index contributed by atoms with van der Waals surface area (Å²) in [6.07, 6.45) is 4.25. The minimum atomic E-state index is 0.250. The van der Waals surface area contributed by atoms with E-state index in [1.165, 1.54) is 18.5 Å². The normalized spacial score (nSPS) is 29.4. The molecule has 0 radical (unpaired) electrons. The van der Waals surface area contributed by atoms with Gasteiger partial charge in [-0.1, -0.05) is 19.9 Å². The van der Waals surface area contributed by atoms with Crippen LogP contribution in [0.5, 0.6) is 0 Å². The second kappa shape index (κ2) is 5.81. The van der Waals surface area contributed by atoms with E-state index in [1.807, 2.05) is 12.3 Å². The zero-order valence-electron chi connectivity index (χ0n) is 11.8. The number of piperazine rings is 1. The molecule has 1 fully saturated rings. The van der Waals surface area contributed by atoms with Gasteiger partial charge in [0.1, 0.15) is 0 Å². The number of hydrogen-bond donors (Lipinski definition) is 1. The first kappa shape index (κ1) is 13.5. The van der Waals surface area contributed by atoms with Crippen molar-refractivity contribution in [1.29, 1.82) is 0 Å². The molecule has 2 rings (SSSR count). The first-order valence-electron chi connectivity index (χ1n) is 7.06. The van der Waals surface area contributed by atoms with Gasteiger partial charge in [-0.25, -0.2) is 0 Å². The molecule has 2 atom stereocenters. The van der Waals surface area contributed by atoms with Crippen LogP contribution in [0.1, 0.15) is 39.3 Å². The summed E-state index contributed by atoms with van der Waals surface area (Å²) in [5, 5.41) is 3.70. The van der Waals surface area contributed by atoms with E-state index in [4.69, 9.17) is 0 Å². The topological polar surface area (TPSA) is 28.2 Å². The molecule has 1 saturated heterocycles. The van der Waals surface area contributed by atoms with Crippen LogP contribution >= 0.6 is 0 Å². The zero-order valence-corrected chi connectivity index (χ0v) is 11.8. The summed E-state index contributed by atoms with van der Waals surface area (Å²) < 4.78 is 0. The Labute approximate surface area is 111 Å². The smallest absolute Gasteiger partial charge is 0.0544 e. The van der Waals surface area contributed by atoms with Crippen LogP contribution in [0.25, 0.3) is 0 Å². The van der Waals surface area contributed by atoms with Gasteiger partial charge in [-0.05, 0) is 31.9 Å². The monoisotopic (exact) mass is 247 g/mol. The van der Waals surface area contributed by atoms with E-state index in [-0.39, 0.29) is 5.54 Å². The van der Waals surface area contributed by atoms with Gasteiger partial charge < -0.3 is 5.32 Å². The lowest BCUT2D eigenvalue weighted by atomic mass is 9.92. The average Bonchev–Trinajstić information content (AvgIpc) is 2.40. The highest BCUT2D eigenvalue weighted by Gasteiger charge is 2.33. The molecule has 0 amide bonds. The summed E-state index contributed by atoms with van der Waals surface area (Å²) in [4.78, 5) is 7.04. The van der Waals surface area contributed by atoms with Gasteiger partial charge in [0.25, 0.3) is 0 Å². The molecule has 0 saturated carbocycles. The van der Waals surface area contributed by atoms with Gasteiger partial charge in [0, 0.05) is 37.4 Å². The van der Waals surface area contributed by atoms with E-state index in [1.54, 1.807) is 0 Å². The molecule has 0 aliphatic carbocycles. The fraction of sp³-hybridized carbons (Fsp3) is 0.667. The van der Waals surface area contributed by atoms with Gasteiger partial charge in [-0.15, -0.1) is 0 Å². The maximum atomic E-state index is 4.45. The van der Waals surface area contributed by atoms with Gasteiger partial charge in [0.15, 0.2) is 0 Å². The van der Waals surface area contributed by atoms with Crippen molar-refractivity contribution in [2.24, 2.45) is 0 Å². The maximum Gasteiger partial charge on any atom is 0.0544 e. The summed E-state index contributed by atoms with van der Waals surface area (Å²) >= 11 is 0. The molecule has 3 nitrogen and oxygen atoms in total. The highest BCUT2D eigenvalue weighted by Crippen LogP contribution is 2.21. The zero-order chi connectivity index (χ0) is 13.0. The molecule has 1 aromatic heterocycles. The van der Waals surface area contributed by atoms with E-state index in [9.17, 15) is 0 Å². The second-order valence-electron chi connectivity index (χ2n) is 5.58. The summed E-state index contributed by atoms with van der Waals surface area (Å²) in [5.74, 6) is 0. The first-order valence-corrected chi connectivity index (χ1v) is 7.06. The Hall–Kier alpha value is -0.930. The number of rotatable bonds is 4. The Kier molecular flexibility index (Phi) is 4.36. The highest BCUT2D eigenvalue weighted by atomic mass is 15.3. The molecular weight excluding hydrogens is 222 g/mol. The predicted octanol–water partition coefficient (Wildman–Crippen LogP) is 2.43. The third-order valence-electron chi connectivity index (χ3n) is 4.18. The van der Waals surface area contributed by atoms with E-state index in [0.717, 1.165) is 19.6 Å². The molecule has 1 aromatic rings. The summed E-state index contributed by atoms with van der Waals surface area (Å²) in [6.45, 7) is 10.0. The fourth-order valence-electron chi connectivity index (χ4n) is 2.65. The molecule has 0 aromatic carbocycles. The quantitative estimate of drug-likeness (QED) is 0.885. The molecule has 2 unspecified atom stereocenters. The molecule has 1 aliphatic heterocycles. The molecule has 1 aliphatic rings. The Balaban J connectivity index is 2.07. The Bertz CT molecular complexity index is 365. The maximum absolute atomic E-state index is 4.45. The van der Waals surface area contributed by atoms with Gasteiger partial charge in [0.2, 0.25) is 0 Å². The first-order chi connectivity index (χ1) is 8.67.